The molecular formula is C15H19N3O4S2. The topological polar surface area (TPSA) is 83.7 Å². The zero-order valence-corrected chi connectivity index (χ0v) is 15.0. The Labute approximate surface area is 144 Å². The molecule has 24 heavy (non-hydrogen) atoms. The summed E-state index contributed by atoms with van der Waals surface area (Å²) in [5.74, 6) is 0.666. The minimum Gasteiger partial charge on any atom is -0.462 e. The average molecular weight is 369 g/mol. The maximum absolute atomic E-state index is 12.5. The second-order valence-electron chi connectivity index (χ2n) is 5.69. The third-order valence-electron chi connectivity index (χ3n) is 3.89. The molecule has 2 aromatic heterocycles. The molecule has 1 aliphatic heterocycles. The van der Waals surface area contributed by atoms with E-state index in [1.165, 1.54) is 21.9 Å². The Bertz CT molecular complexity index is 799. The van der Waals surface area contributed by atoms with Gasteiger partial charge in [-0.1, -0.05) is 0 Å². The maximum atomic E-state index is 12.5. The van der Waals surface area contributed by atoms with Crippen molar-refractivity contribution in [2.24, 2.45) is 0 Å². The van der Waals surface area contributed by atoms with E-state index < -0.39 is 10.0 Å². The smallest absolute Gasteiger partial charge is 0.228 e. The summed E-state index contributed by atoms with van der Waals surface area (Å²) in [6.45, 7) is 1.79. The predicted molar refractivity (Wildman–Crippen MR) is 91.1 cm³/mol. The highest BCUT2D eigenvalue weighted by molar-refractivity contribution is 7.88. The average Bonchev–Trinajstić information content (AvgIpc) is 3.12. The highest BCUT2D eigenvalue weighted by Crippen LogP contribution is 2.24. The van der Waals surface area contributed by atoms with Gasteiger partial charge in [0.15, 0.2) is 10.8 Å². The Hall–Kier alpha value is -1.71. The molecule has 1 aliphatic rings. The van der Waals surface area contributed by atoms with Crippen LogP contribution in [0.2, 0.25) is 0 Å². The number of amides is 1. The zero-order valence-electron chi connectivity index (χ0n) is 13.3. The van der Waals surface area contributed by atoms with Crippen molar-refractivity contribution in [3.63, 3.8) is 0 Å². The fourth-order valence-electron chi connectivity index (χ4n) is 2.64. The highest BCUT2D eigenvalue weighted by atomic mass is 32.2. The minimum absolute atomic E-state index is 0.0263. The Balaban J connectivity index is 1.61. The first-order chi connectivity index (χ1) is 11.4. The maximum Gasteiger partial charge on any atom is 0.228 e. The molecule has 2 aromatic rings. The van der Waals surface area contributed by atoms with E-state index in [9.17, 15) is 13.2 Å². The van der Waals surface area contributed by atoms with Crippen LogP contribution in [0.1, 0.15) is 12.1 Å². The monoisotopic (exact) mass is 369 g/mol. The van der Waals surface area contributed by atoms with Gasteiger partial charge < -0.3 is 9.32 Å². The minimum atomic E-state index is -3.20. The molecule has 7 nitrogen and oxygen atoms in total. The summed E-state index contributed by atoms with van der Waals surface area (Å²) in [5.41, 5.74) is 0.709. The van der Waals surface area contributed by atoms with Crippen molar-refractivity contribution in [3.8, 4) is 10.8 Å². The number of carbonyl (C=O) groups excluding carboxylic acids is 1. The van der Waals surface area contributed by atoms with Crippen molar-refractivity contribution >= 4 is 27.3 Å². The van der Waals surface area contributed by atoms with Gasteiger partial charge in [-0.15, -0.1) is 11.3 Å². The van der Waals surface area contributed by atoms with Gasteiger partial charge >= 0.3 is 0 Å². The Kier molecular flexibility index (Phi) is 5.02. The summed E-state index contributed by atoms with van der Waals surface area (Å²) < 4.78 is 30.0. The van der Waals surface area contributed by atoms with Crippen molar-refractivity contribution in [2.45, 2.75) is 12.8 Å². The lowest BCUT2D eigenvalue weighted by molar-refractivity contribution is -0.130. The van der Waals surface area contributed by atoms with Gasteiger partial charge in [-0.25, -0.2) is 17.7 Å². The van der Waals surface area contributed by atoms with Gasteiger partial charge in [0.05, 0.1) is 24.6 Å². The van der Waals surface area contributed by atoms with Crippen LogP contribution in [0.15, 0.2) is 28.2 Å². The molecule has 3 rings (SSSR count). The summed E-state index contributed by atoms with van der Waals surface area (Å²) in [6.07, 6.45) is 3.66. The van der Waals surface area contributed by atoms with Gasteiger partial charge in [0.25, 0.3) is 0 Å². The van der Waals surface area contributed by atoms with Crippen molar-refractivity contribution in [1.29, 1.82) is 0 Å². The van der Waals surface area contributed by atoms with Gasteiger partial charge in [0.1, 0.15) is 0 Å². The predicted octanol–water partition coefficient (Wildman–Crippen LogP) is 1.44. The van der Waals surface area contributed by atoms with Crippen LogP contribution in [-0.2, 0) is 21.2 Å². The first-order valence-electron chi connectivity index (χ1n) is 7.64. The number of hydrogen-bond acceptors (Lipinski definition) is 6. The van der Waals surface area contributed by atoms with E-state index in [0.29, 0.717) is 44.1 Å². The third kappa shape index (κ3) is 4.03. The molecule has 0 N–H and O–H groups in total. The molecular weight excluding hydrogens is 350 g/mol. The van der Waals surface area contributed by atoms with Crippen LogP contribution >= 0.6 is 11.3 Å². The van der Waals surface area contributed by atoms with Crippen molar-refractivity contribution in [2.75, 3.05) is 32.4 Å². The summed E-state index contributed by atoms with van der Waals surface area (Å²) in [6, 6.07) is 3.63. The van der Waals surface area contributed by atoms with Gasteiger partial charge in [0.2, 0.25) is 15.9 Å². The van der Waals surface area contributed by atoms with E-state index in [-0.39, 0.29) is 12.3 Å². The quantitative estimate of drug-likeness (QED) is 0.814. The molecule has 0 saturated carbocycles. The van der Waals surface area contributed by atoms with Crippen molar-refractivity contribution in [3.05, 3.63) is 29.5 Å². The molecule has 0 unspecified atom stereocenters. The highest BCUT2D eigenvalue weighted by Gasteiger charge is 2.24. The summed E-state index contributed by atoms with van der Waals surface area (Å²) in [7, 11) is -3.20. The Morgan fingerprint density at radius 1 is 1.33 bits per heavy atom. The molecule has 130 valence electrons. The fraction of sp³-hybridized carbons (Fsp3) is 0.467. The van der Waals surface area contributed by atoms with Crippen LogP contribution in [0.5, 0.6) is 0 Å². The van der Waals surface area contributed by atoms with E-state index in [1.54, 1.807) is 17.2 Å². The van der Waals surface area contributed by atoms with Crippen molar-refractivity contribution < 1.29 is 17.6 Å². The SMILES string of the molecule is CS(=O)(=O)N1CCCN(C(=O)Cc2csc(-c3ccco3)n2)CC1. The first kappa shape index (κ1) is 17.1. The van der Waals surface area contributed by atoms with E-state index in [1.807, 2.05) is 11.4 Å². The number of hydrogen-bond donors (Lipinski definition) is 0. The zero-order chi connectivity index (χ0) is 17.2. The summed E-state index contributed by atoms with van der Waals surface area (Å²) >= 11 is 1.44. The number of furan rings is 1. The van der Waals surface area contributed by atoms with E-state index in [0.717, 1.165) is 5.01 Å². The molecule has 1 saturated heterocycles. The number of thiazole rings is 1. The van der Waals surface area contributed by atoms with Crippen molar-refractivity contribution in [1.82, 2.24) is 14.2 Å². The number of rotatable bonds is 4. The van der Waals surface area contributed by atoms with Gasteiger partial charge in [0, 0.05) is 31.6 Å². The fourth-order valence-corrected chi connectivity index (χ4v) is 4.30. The van der Waals surface area contributed by atoms with E-state index in [2.05, 4.69) is 4.98 Å². The lowest BCUT2D eigenvalue weighted by Crippen LogP contribution is -2.37. The molecule has 0 aliphatic carbocycles. The largest absolute Gasteiger partial charge is 0.462 e. The molecule has 1 amide bonds. The van der Waals surface area contributed by atoms with E-state index in [4.69, 9.17) is 4.42 Å². The van der Waals surface area contributed by atoms with Gasteiger partial charge in [-0.05, 0) is 18.6 Å². The standard InChI is InChI=1S/C15H19N3O4S2/c1-24(20,21)18-6-3-5-17(7-8-18)14(19)10-12-11-23-15(16-12)13-4-2-9-22-13/h2,4,9,11H,3,5-8,10H2,1H3. The van der Waals surface area contributed by atoms with Crippen LogP contribution in [-0.4, -0.2) is 60.9 Å². The van der Waals surface area contributed by atoms with Crippen LogP contribution in [0.25, 0.3) is 10.8 Å². The van der Waals surface area contributed by atoms with Crippen LogP contribution in [0.3, 0.4) is 0 Å². The van der Waals surface area contributed by atoms with Gasteiger partial charge in [-0.2, -0.15) is 0 Å². The molecule has 0 radical (unpaired) electrons. The molecule has 3 heterocycles. The molecule has 0 aromatic carbocycles. The molecule has 0 spiro atoms. The summed E-state index contributed by atoms with van der Waals surface area (Å²) in [4.78, 5) is 18.6. The third-order valence-corrected chi connectivity index (χ3v) is 6.10. The first-order valence-corrected chi connectivity index (χ1v) is 10.4. The van der Waals surface area contributed by atoms with E-state index >= 15 is 0 Å². The number of carbonyl (C=O) groups is 1. The molecule has 0 bridgehead atoms. The number of aromatic nitrogens is 1. The second-order valence-corrected chi connectivity index (χ2v) is 8.53. The summed E-state index contributed by atoms with van der Waals surface area (Å²) in [5, 5.41) is 2.61. The molecule has 9 heteroatoms. The molecule has 1 fully saturated rings. The number of sulfonamides is 1. The van der Waals surface area contributed by atoms with Crippen LogP contribution < -0.4 is 0 Å². The van der Waals surface area contributed by atoms with Gasteiger partial charge in [-0.3, -0.25) is 4.79 Å². The molecule has 0 atom stereocenters. The normalized spacial score (nSPS) is 17.0. The van der Waals surface area contributed by atoms with Crippen LogP contribution in [0, 0.1) is 0 Å². The lowest BCUT2D eigenvalue weighted by Gasteiger charge is -2.20. The Morgan fingerprint density at radius 2 is 2.17 bits per heavy atom. The second kappa shape index (κ2) is 7.04. The van der Waals surface area contributed by atoms with Crippen LogP contribution in [0.4, 0.5) is 0 Å². The Morgan fingerprint density at radius 3 is 2.88 bits per heavy atom. The lowest BCUT2D eigenvalue weighted by atomic mass is 10.3. The number of nitrogens with zero attached hydrogens (tertiary/aromatic N) is 3.